The van der Waals surface area contributed by atoms with Crippen LogP contribution in [0.1, 0.15) is 38.2 Å². The Labute approximate surface area is 93.5 Å². The first-order valence-corrected chi connectivity index (χ1v) is 5.87. The minimum Gasteiger partial charge on any atom is -0.494 e. The van der Waals surface area contributed by atoms with Crippen LogP contribution in [0.15, 0.2) is 24.3 Å². The van der Waals surface area contributed by atoms with E-state index in [2.05, 4.69) is 26.0 Å². The third-order valence-corrected chi connectivity index (χ3v) is 2.48. The van der Waals surface area contributed by atoms with E-state index in [1.54, 1.807) is 0 Å². The van der Waals surface area contributed by atoms with Crippen LogP contribution in [-0.2, 0) is 6.42 Å². The first kappa shape index (κ1) is 12.1. The van der Waals surface area contributed by atoms with Crippen molar-refractivity contribution in [3.05, 3.63) is 36.8 Å². The fraction of sp³-hybridized carbons (Fsp3) is 0.500. The van der Waals surface area contributed by atoms with Crippen molar-refractivity contribution in [2.45, 2.75) is 39.0 Å². The number of hydrogen-bond acceptors (Lipinski definition) is 1. The number of unbranched alkanes of at least 4 members (excludes halogenated alkanes) is 3. The predicted molar refractivity (Wildman–Crippen MR) is 65.1 cm³/mol. The Kier molecular flexibility index (Phi) is 5.91. The second kappa shape index (κ2) is 7.33. The van der Waals surface area contributed by atoms with Gasteiger partial charge in [0.15, 0.2) is 0 Å². The van der Waals surface area contributed by atoms with Crippen LogP contribution in [0.4, 0.5) is 0 Å². The maximum Gasteiger partial charge on any atom is 0.119 e. The molecule has 0 aliphatic heterocycles. The summed E-state index contributed by atoms with van der Waals surface area (Å²) in [4.78, 5) is 0. The number of ether oxygens (including phenoxy) is 1. The van der Waals surface area contributed by atoms with Gasteiger partial charge >= 0.3 is 0 Å². The van der Waals surface area contributed by atoms with Crippen molar-refractivity contribution in [1.29, 1.82) is 0 Å². The molecule has 0 aliphatic carbocycles. The van der Waals surface area contributed by atoms with Gasteiger partial charge < -0.3 is 4.74 Å². The van der Waals surface area contributed by atoms with E-state index in [0.717, 1.165) is 25.2 Å². The van der Waals surface area contributed by atoms with Crippen molar-refractivity contribution < 1.29 is 4.74 Å². The van der Waals surface area contributed by atoms with Crippen LogP contribution in [0.3, 0.4) is 0 Å². The van der Waals surface area contributed by atoms with E-state index >= 15 is 0 Å². The minimum absolute atomic E-state index is 0.837. The molecule has 1 radical (unpaired) electrons. The topological polar surface area (TPSA) is 9.23 Å². The zero-order chi connectivity index (χ0) is 10.9. The molecule has 83 valence electrons. The molecule has 0 fully saturated rings. The van der Waals surface area contributed by atoms with Crippen LogP contribution in [-0.4, -0.2) is 6.61 Å². The van der Waals surface area contributed by atoms with Crippen LogP contribution < -0.4 is 4.74 Å². The van der Waals surface area contributed by atoms with Gasteiger partial charge in [-0.15, -0.1) is 0 Å². The lowest BCUT2D eigenvalue weighted by atomic mass is 10.2. The highest BCUT2D eigenvalue weighted by atomic mass is 16.5. The third kappa shape index (κ3) is 4.87. The average molecular weight is 205 g/mol. The standard InChI is InChI=1S/C14H21O/c1-3-5-6-7-12-15-14-10-8-13(4-2)9-11-14/h8-11H,2-7,12H2,1H3. The van der Waals surface area contributed by atoms with Crippen LogP contribution in [0.5, 0.6) is 5.75 Å². The molecule has 0 saturated heterocycles. The van der Waals surface area contributed by atoms with Gasteiger partial charge in [0.25, 0.3) is 0 Å². The van der Waals surface area contributed by atoms with Crippen molar-refractivity contribution in [2.75, 3.05) is 6.61 Å². The molecule has 1 rings (SSSR count). The Morgan fingerprint density at radius 1 is 1.07 bits per heavy atom. The number of benzene rings is 1. The largest absolute Gasteiger partial charge is 0.494 e. The molecule has 1 aromatic rings. The summed E-state index contributed by atoms with van der Waals surface area (Å²) in [6.45, 7) is 6.90. The van der Waals surface area contributed by atoms with E-state index in [0.29, 0.717) is 0 Å². The molecule has 0 aliphatic rings. The van der Waals surface area contributed by atoms with Crippen LogP contribution in [0.2, 0.25) is 0 Å². The van der Waals surface area contributed by atoms with E-state index in [9.17, 15) is 0 Å². The highest BCUT2D eigenvalue weighted by molar-refractivity contribution is 5.27. The Morgan fingerprint density at radius 2 is 1.80 bits per heavy atom. The molecule has 0 heterocycles. The lowest BCUT2D eigenvalue weighted by molar-refractivity contribution is 0.305. The Hall–Kier alpha value is -0.980. The van der Waals surface area contributed by atoms with Gasteiger partial charge in [0, 0.05) is 0 Å². The first-order valence-electron chi connectivity index (χ1n) is 5.87. The van der Waals surface area contributed by atoms with Crippen molar-refractivity contribution >= 4 is 0 Å². The molecule has 15 heavy (non-hydrogen) atoms. The predicted octanol–water partition coefficient (Wildman–Crippen LogP) is 4.02. The second-order valence-electron chi connectivity index (χ2n) is 3.80. The minimum atomic E-state index is 0.837. The Bertz CT molecular complexity index is 251. The highest BCUT2D eigenvalue weighted by Gasteiger charge is 1.94. The molecule has 1 nitrogen and oxygen atoms in total. The Balaban J connectivity index is 2.20. The van der Waals surface area contributed by atoms with E-state index in [1.807, 2.05) is 12.1 Å². The lowest BCUT2D eigenvalue weighted by Gasteiger charge is -2.06. The van der Waals surface area contributed by atoms with Gasteiger partial charge in [0.1, 0.15) is 5.75 Å². The molecular weight excluding hydrogens is 184 g/mol. The number of hydrogen-bond donors (Lipinski definition) is 0. The molecular formula is C14H21O. The smallest absolute Gasteiger partial charge is 0.119 e. The van der Waals surface area contributed by atoms with Gasteiger partial charge in [-0.3, -0.25) is 0 Å². The van der Waals surface area contributed by atoms with Gasteiger partial charge in [0.2, 0.25) is 0 Å². The molecule has 0 amide bonds. The number of rotatable bonds is 7. The molecule has 1 aromatic carbocycles. The molecule has 0 saturated carbocycles. The van der Waals surface area contributed by atoms with Crippen molar-refractivity contribution in [2.24, 2.45) is 0 Å². The summed E-state index contributed by atoms with van der Waals surface area (Å²) < 4.78 is 5.63. The zero-order valence-corrected chi connectivity index (χ0v) is 9.67. The van der Waals surface area contributed by atoms with Gasteiger partial charge in [-0.1, -0.05) is 38.3 Å². The quantitative estimate of drug-likeness (QED) is 0.611. The summed E-state index contributed by atoms with van der Waals surface area (Å²) in [5.74, 6) is 0.976. The molecule has 0 atom stereocenters. The maximum atomic E-state index is 5.63. The van der Waals surface area contributed by atoms with Gasteiger partial charge in [-0.05, 0) is 37.5 Å². The van der Waals surface area contributed by atoms with Crippen LogP contribution in [0, 0.1) is 6.92 Å². The monoisotopic (exact) mass is 205 g/mol. The molecule has 0 unspecified atom stereocenters. The fourth-order valence-corrected chi connectivity index (χ4v) is 1.47. The molecule has 1 heteroatoms. The third-order valence-electron chi connectivity index (χ3n) is 2.48. The molecule has 0 spiro atoms. The maximum absolute atomic E-state index is 5.63. The second-order valence-corrected chi connectivity index (χ2v) is 3.80. The SMILES string of the molecule is [CH2]Cc1ccc(OCCCCCC)cc1. The average Bonchev–Trinajstić information content (AvgIpc) is 2.30. The zero-order valence-electron chi connectivity index (χ0n) is 9.67. The highest BCUT2D eigenvalue weighted by Crippen LogP contribution is 2.13. The normalized spacial score (nSPS) is 10.3. The summed E-state index contributed by atoms with van der Waals surface area (Å²) in [6, 6.07) is 8.21. The summed E-state index contributed by atoms with van der Waals surface area (Å²) in [6.07, 6.45) is 5.86. The van der Waals surface area contributed by atoms with Gasteiger partial charge in [-0.25, -0.2) is 0 Å². The summed E-state index contributed by atoms with van der Waals surface area (Å²) >= 11 is 0. The van der Waals surface area contributed by atoms with E-state index in [1.165, 1.54) is 24.8 Å². The van der Waals surface area contributed by atoms with Crippen LogP contribution >= 0.6 is 0 Å². The Morgan fingerprint density at radius 3 is 2.40 bits per heavy atom. The first-order chi connectivity index (χ1) is 7.36. The van der Waals surface area contributed by atoms with E-state index in [-0.39, 0.29) is 0 Å². The molecule has 0 N–H and O–H groups in total. The van der Waals surface area contributed by atoms with Gasteiger partial charge in [0.05, 0.1) is 6.61 Å². The summed E-state index contributed by atoms with van der Waals surface area (Å²) in [5.41, 5.74) is 1.26. The van der Waals surface area contributed by atoms with E-state index < -0.39 is 0 Å². The fourth-order valence-electron chi connectivity index (χ4n) is 1.47. The summed E-state index contributed by atoms with van der Waals surface area (Å²) in [5, 5.41) is 0. The van der Waals surface area contributed by atoms with Gasteiger partial charge in [-0.2, -0.15) is 0 Å². The van der Waals surface area contributed by atoms with Crippen LogP contribution in [0.25, 0.3) is 0 Å². The summed E-state index contributed by atoms with van der Waals surface area (Å²) in [7, 11) is 0. The molecule has 0 aromatic heterocycles. The lowest BCUT2D eigenvalue weighted by Crippen LogP contribution is -1.97. The van der Waals surface area contributed by atoms with Crippen molar-refractivity contribution in [3.63, 3.8) is 0 Å². The van der Waals surface area contributed by atoms with E-state index in [4.69, 9.17) is 4.74 Å². The molecule has 0 bridgehead atoms. The van der Waals surface area contributed by atoms with Crippen molar-refractivity contribution in [3.8, 4) is 5.75 Å². The van der Waals surface area contributed by atoms with Crippen molar-refractivity contribution in [1.82, 2.24) is 0 Å².